The number of aliphatic imine (C=N–C) groups is 1. The lowest BCUT2D eigenvalue weighted by Crippen LogP contribution is -2.41. The van der Waals surface area contributed by atoms with E-state index < -0.39 is 34.9 Å². The molecule has 0 saturated carbocycles. The first-order chi connectivity index (χ1) is 12.2. The van der Waals surface area contributed by atoms with Gasteiger partial charge in [-0.15, -0.1) is 0 Å². The van der Waals surface area contributed by atoms with Crippen LogP contribution in [0, 0.1) is 0 Å². The van der Waals surface area contributed by atoms with Crippen LogP contribution in [0.5, 0.6) is 0 Å². The third-order valence-corrected chi connectivity index (χ3v) is 5.23. The van der Waals surface area contributed by atoms with Crippen molar-refractivity contribution in [1.82, 2.24) is 10.0 Å². The zero-order valence-electron chi connectivity index (χ0n) is 14.2. The maximum Gasteiger partial charge on any atom is 0.277 e. The lowest BCUT2D eigenvalue weighted by Gasteiger charge is -2.14. The Morgan fingerprint density at radius 1 is 1.23 bits per heavy atom. The number of nitrogens with one attached hydrogen (secondary N) is 2. The number of rotatable bonds is 9. The maximum atomic E-state index is 12.9. The lowest BCUT2D eigenvalue weighted by molar-refractivity contribution is -0.123. The van der Waals surface area contributed by atoms with Crippen molar-refractivity contribution in [2.75, 3.05) is 19.6 Å². The van der Waals surface area contributed by atoms with E-state index in [1.807, 2.05) is 0 Å². The molecule has 0 aromatic heterocycles. The molecule has 0 fully saturated rings. The lowest BCUT2D eigenvalue weighted by atomic mass is 10.2. The average Bonchev–Trinajstić information content (AvgIpc) is 2.87. The van der Waals surface area contributed by atoms with Gasteiger partial charge in [-0.2, -0.15) is 0 Å². The molecule has 1 amide bonds. The molecule has 144 valence electrons. The summed E-state index contributed by atoms with van der Waals surface area (Å²) in [6.45, 7) is -1.16. The van der Waals surface area contributed by atoms with Gasteiger partial charge in [-0.05, 0) is 25.0 Å². The van der Waals surface area contributed by atoms with Crippen molar-refractivity contribution in [3.63, 3.8) is 0 Å². The molecule has 0 aliphatic carbocycles. The second-order valence-electron chi connectivity index (χ2n) is 5.98. The Kier molecular flexibility index (Phi) is 6.65. The van der Waals surface area contributed by atoms with Crippen molar-refractivity contribution < 1.29 is 22.0 Å². The van der Waals surface area contributed by atoms with Crippen molar-refractivity contribution >= 4 is 21.8 Å². The minimum atomic E-state index is -3.54. The Bertz CT molecular complexity index is 781. The van der Waals surface area contributed by atoms with E-state index in [2.05, 4.69) is 15.0 Å². The quantitative estimate of drug-likeness (QED) is 0.548. The number of fused-ring (bicyclic) bond motifs is 1. The molecule has 1 aliphatic rings. The number of unbranched alkanes of at least 4 members (excludes halogenated alkanes) is 2. The predicted octanol–water partition coefficient (Wildman–Crippen LogP) is 0.996. The highest BCUT2D eigenvalue weighted by Gasteiger charge is 2.30. The summed E-state index contributed by atoms with van der Waals surface area (Å²) in [6.07, 6.45) is 2.01. The SMILES string of the molecule is NCC(F)(F)CNC(=O)CCCCCN=C1NS(=O)(=O)c2ccccc21. The number of alkyl halides is 2. The molecule has 1 aliphatic heterocycles. The molecule has 0 atom stereocenters. The van der Waals surface area contributed by atoms with Crippen LogP contribution in [0.25, 0.3) is 0 Å². The van der Waals surface area contributed by atoms with Crippen molar-refractivity contribution in [2.45, 2.75) is 36.5 Å². The summed E-state index contributed by atoms with van der Waals surface area (Å²) in [5.74, 6) is -3.21. The fourth-order valence-corrected chi connectivity index (χ4v) is 3.66. The fraction of sp³-hybridized carbons (Fsp3) is 0.500. The summed E-state index contributed by atoms with van der Waals surface area (Å²) >= 11 is 0. The second kappa shape index (κ2) is 8.54. The Hall–Kier alpha value is -2.07. The van der Waals surface area contributed by atoms with Crippen molar-refractivity contribution in [3.8, 4) is 0 Å². The summed E-state index contributed by atoms with van der Waals surface area (Å²) in [6, 6.07) is 6.60. The summed E-state index contributed by atoms with van der Waals surface area (Å²) in [7, 11) is -3.54. The van der Waals surface area contributed by atoms with Gasteiger partial charge in [-0.25, -0.2) is 17.2 Å². The summed E-state index contributed by atoms with van der Waals surface area (Å²) < 4.78 is 52.1. The van der Waals surface area contributed by atoms with Crippen LogP contribution in [0.2, 0.25) is 0 Å². The van der Waals surface area contributed by atoms with Crippen LogP contribution < -0.4 is 15.8 Å². The summed E-state index contributed by atoms with van der Waals surface area (Å²) in [4.78, 5) is 15.9. The number of amidine groups is 1. The van der Waals surface area contributed by atoms with Gasteiger partial charge >= 0.3 is 0 Å². The minimum Gasteiger partial charge on any atom is -0.350 e. The number of carbonyl (C=O) groups is 1. The molecule has 0 bridgehead atoms. The first-order valence-electron chi connectivity index (χ1n) is 8.26. The number of nitrogens with two attached hydrogens (primary N) is 1. The van der Waals surface area contributed by atoms with Crippen LogP contribution in [-0.2, 0) is 14.8 Å². The zero-order valence-corrected chi connectivity index (χ0v) is 15.0. The average molecular weight is 388 g/mol. The minimum absolute atomic E-state index is 0.146. The largest absolute Gasteiger partial charge is 0.350 e. The van der Waals surface area contributed by atoms with Gasteiger partial charge in [0.25, 0.3) is 15.9 Å². The number of sulfonamides is 1. The third-order valence-electron chi connectivity index (χ3n) is 3.84. The molecular formula is C16H22F2N4O3S. The topological polar surface area (TPSA) is 114 Å². The summed E-state index contributed by atoms with van der Waals surface area (Å²) in [5.41, 5.74) is 5.44. The Balaban J connectivity index is 1.70. The van der Waals surface area contributed by atoms with E-state index in [9.17, 15) is 22.0 Å². The molecule has 4 N–H and O–H groups in total. The molecule has 0 unspecified atom stereocenters. The van der Waals surface area contributed by atoms with Crippen LogP contribution >= 0.6 is 0 Å². The molecular weight excluding hydrogens is 366 g/mol. The highest BCUT2D eigenvalue weighted by Crippen LogP contribution is 2.22. The number of hydrogen-bond donors (Lipinski definition) is 3. The maximum absolute atomic E-state index is 12.9. The molecule has 0 radical (unpaired) electrons. The van der Waals surface area contributed by atoms with Crippen molar-refractivity contribution in [1.29, 1.82) is 0 Å². The number of hydrogen-bond acceptors (Lipinski definition) is 5. The number of halogens is 2. The van der Waals surface area contributed by atoms with E-state index >= 15 is 0 Å². The van der Waals surface area contributed by atoms with E-state index in [-0.39, 0.29) is 11.3 Å². The predicted molar refractivity (Wildman–Crippen MR) is 93.6 cm³/mol. The number of amides is 1. The summed E-state index contributed by atoms with van der Waals surface area (Å²) in [5, 5.41) is 2.16. The van der Waals surface area contributed by atoms with Crippen LogP contribution in [0.15, 0.2) is 34.2 Å². The zero-order chi connectivity index (χ0) is 19.2. The Labute approximate surface area is 151 Å². The normalized spacial score (nSPS) is 17.0. The van der Waals surface area contributed by atoms with E-state index in [0.717, 1.165) is 0 Å². The Morgan fingerprint density at radius 2 is 1.96 bits per heavy atom. The van der Waals surface area contributed by atoms with Crippen LogP contribution in [0.4, 0.5) is 8.78 Å². The van der Waals surface area contributed by atoms with Gasteiger partial charge in [0.2, 0.25) is 5.91 Å². The molecule has 1 aromatic rings. The van der Waals surface area contributed by atoms with Crippen LogP contribution in [0.1, 0.15) is 31.2 Å². The molecule has 1 heterocycles. The number of benzene rings is 1. The Morgan fingerprint density at radius 3 is 2.69 bits per heavy atom. The van der Waals surface area contributed by atoms with Gasteiger partial charge < -0.3 is 11.1 Å². The molecule has 0 saturated heterocycles. The highest BCUT2D eigenvalue weighted by atomic mass is 32.2. The van der Waals surface area contributed by atoms with E-state index in [0.29, 0.717) is 37.2 Å². The number of nitrogens with zero attached hydrogens (tertiary/aromatic N) is 1. The van der Waals surface area contributed by atoms with Gasteiger partial charge in [-0.1, -0.05) is 18.6 Å². The highest BCUT2D eigenvalue weighted by molar-refractivity contribution is 7.90. The first-order valence-corrected chi connectivity index (χ1v) is 9.75. The monoisotopic (exact) mass is 388 g/mol. The first kappa shape index (κ1) is 20.2. The van der Waals surface area contributed by atoms with E-state index in [4.69, 9.17) is 5.73 Å². The molecule has 26 heavy (non-hydrogen) atoms. The van der Waals surface area contributed by atoms with Gasteiger partial charge in [0.1, 0.15) is 5.84 Å². The smallest absolute Gasteiger partial charge is 0.277 e. The fourth-order valence-electron chi connectivity index (χ4n) is 2.40. The van der Waals surface area contributed by atoms with Crippen molar-refractivity contribution in [3.05, 3.63) is 29.8 Å². The van der Waals surface area contributed by atoms with Crippen LogP contribution in [0.3, 0.4) is 0 Å². The van der Waals surface area contributed by atoms with Gasteiger partial charge in [-0.3, -0.25) is 14.5 Å². The molecule has 0 spiro atoms. The van der Waals surface area contributed by atoms with Gasteiger partial charge in [0.05, 0.1) is 18.0 Å². The van der Waals surface area contributed by atoms with E-state index in [1.165, 1.54) is 6.07 Å². The van der Waals surface area contributed by atoms with Gasteiger partial charge in [0.15, 0.2) is 0 Å². The standard InChI is InChI=1S/C16H22F2N4O3S/c17-16(18,10-19)11-21-14(23)8-2-1-5-9-20-15-12-6-3-4-7-13(12)26(24,25)22-15/h3-4,6-7H,1-2,5,8-11,19H2,(H,20,22)(H,21,23). The third kappa shape index (κ3) is 5.46. The van der Waals surface area contributed by atoms with Crippen LogP contribution in [-0.4, -0.2) is 45.7 Å². The number of carbonyl (C=O) groups excluding carboxylic acids is 1. The molecule has 1 aromatic carbocycles. The van der Waals surface area contributed by atoms with Gasteiger partial charge in [0, 0.05) is 18.5 Å². The second-order valence-corrected chi connectivity index (χ2v) is 7.63. The molecule has 7 nitrogen and oxygen atoms in total. The van der Waals surface area contributed by atoms with E-state index in [1.54, 1.807) is 18.2 Å². The molecule has 10 heteroatoms. The molecule has 2 rings (SSSR count). The van der Waals surface area contributed by atoms with Crippen molar-refractivity contribution in [2.24, 2.45) is 10.7 Å².